The summed E-state index contributed by atoms with van der Waals surface area (Å²) in [6.45, 7) is 6.21. The molecule has 0 aliphatic carbocycles. The zero-order valence-corrected chi connectivity index (χ0v) is 10.6. The quantitative estimate of drug-likeness (QED) is 0.814. The van der Waals surface area contributed by atoms with Crippen molar-refractivity contribution in [3.63, 3.8) is 0 Å². The molecule has 1 aromatic carbocycles. The number of aromatic amines is 1. The van der Waals surface area contributed by atoms with Gasteiger partial charge in [-0.2, -0.15) is 0 Å². The van der Waals surface area contributed by atoms with Gasteiger partial charge in [0.2, 0.25) is 0 Å². The van der Waals surface area contributed by atoms with Crippen molar-refractivity contribution in [2.45, 2.75) is 39.5 Å². The SMILES string of the molecule is CCCC(=O)c1ccc2nc(C(C)C)[nH]c2c1. The fourth-order valence-corrected chi connectivity index (χ4v) is 1.85. The predicted molar refractivity (Wildman–Crippen MR) is 69.4 cm³/mol. The highest BCUT2D eigenvalue weighted by molar-refractivity contribution is 5.98. The van der Waals surface area contributed by atoms with E-state index in [1.165, 1.54) is 0 Å². The number of aromatic nitrogens is 2. The molecule has 1 aromatic heterocycles. The molecule has 2 aromatic rings. The van der Waals surface area contributed by atoms with Crippen LogP contribution in [0.1, 0.15) is 55.7 Å². The van der Waals surface area contributed by atoms with E-state index in [0.29, 0.717) is 12.3 Å². The summed E-state index contributed by atoms with van der Waals surface area (Å²) in [6.07, 6.45) is 1.49. The number of imidazole rings is 1. The molecular weight excluding hydrogens is 212 g/mol. The molecule has 0 radical (unpaired) electrons. The first kappa shape index (κ1) is 11.8. The monoisotopic (exact) mass is 230 g/mol. The molecule has 0 atom stereocenters. The number of fused-ring (bicyclic) bond motifs is 1. The molecule has 1 N–H and O–H groups in total. The third-order valence-electron chi connectivity index (χ3n) is 2.85. The Balaban J connectivity index is 2.40. The first-order valence-electron chi connectivity index (χ1n) is 6.14. The molecule has 1 heterocycles. The first-order valence-corrected chi connectivity index (χ1v) is 6.14. The second-order valence-corrected chi connectivity index (χ2v) is 4.68. The summed E-state index contributed by atoms with van der Waals surface area (Å²) in [6, 6.07) is 5.69. The Hall–Kier alpha value is -1.64. The van der Waals surface area contributed by atoms with E-state index in [9.17, 15) is 4.79 Å². The Morgan fingerprint density at radius 3 is 2.82 bits per heavy atom. The van der Waals surface area contributed by atoms with Crippen molar-refractivity contribution in [3.05, 3.63) is 29.6 Å². The maximum atomic E-state index is 11.8. The minimum atomic E-state index is 0.204. The second kappa shape index (κ2) is 4.70. The summed E-state index contributed by atoms with van der Waals surface area (Å²) in [5.74, 6) is 1.55. The van der Waals surface area contributed by atoms with Crippen LogP contribution in [0.5, 0.6) is 0 Å². The van der Waals surface area contributed by atoms with Crippen molar-refractivity contribution < 1.29 is 4.79 Å². The number of nitrogens with one attached hydrogen (secondary N) is 1. The van der Waals surface area contributed by atoms with Crippen molar-refractivity contribution in [3.8, 4) is 0 Å². The molecule has 0 fully saturated rings. The molecule has 3 nitrogen and oxygen atoms in total. The number of nitrogens with zero attached hydrogens (tertiary/aromatic N) is 1. The summed E-state index contributed by atoms with van der Waals surface area (Å²) >= 11 is 0. The van der Waals surface area contributed by atoms with Crippen LogP contribution >= 0.6 is 0 Å². The topological polar surface area (TPSA) is 45.8 Å². The van der Waals surface area contributed by atoms with E-state index < -0.39 is 0 Å². The minimum absolute atomic E-state index is 0.204. The number of hydrogen-bond donors (Lipinski definition) is 1. The Morgan fingerprint density at radius 2 is 2.18 bits per heavy atom. The molecule has 2 rings (SSSR count). The average molecular weight is 230 g/mol. The number of hydrogen-bond acceptors (Lipinski definition) is 2. The van der Waals surface area contributed by atoms with Gasteiger partial charge in [0, 0.05) is 17.9 Å². The van der Waals surface area contributed by atoms with Crippen LogP contribution in [0, 0.1) is 0 Å². The molecule has 90 valence electrons. The standard InChI is InChI=1S/C14H18N2O/c1-4-5-13(17)10-6-7-11-12(8-10)16-14(15-11)9(2)3/h6-9H,4-5H2,1-3H3,(H,15,16). The van der Waals surface area contributed by atoms with Crippen LogP contribution in [0.4, 0.5) is 0 Å². The largest absolute Gasteiger partial charge is 0.342 e. The van der Waals surface area contributed by atoms with Gasteiger partial charge in [0.1, 0.15) is 5.82 Å². The molecule has 0 bridgehead atoms. The lowest BCUT2D eigenvalue weighted by atomic mass is 10.1. The Bertz CT molecular complexity index is 540. The van der Waals surface area contributed by atoms with Gasteiger partial charge in [-0.25, -0.2) is 4.98 Å². The highest BCUT2D eigenvalue weighted by Crippen LogP contribution is 2.19. The van der Waals surface area contributed by atoms with E-state index in [1.807, 2.05) is 25.1 Å². The van der Waals surface area contributed by atoms with Crippen molar-refractivity contribution in [2.75, 3.05) is 0 Å². The Kier molecular flexibility index (Phi) is 3.27. The maximum absolute atomic E-state index is 11.8. The van der Waals surface area contributed by atoms with Crippen molar-refractivity contribution in [2.24, 2.45) is 0 Å². The average Bonchev–Trinajstić information content (AvgIpc) is 2.71. The lowest BCUT2D eigenvalue weighted by Crippen LogP contribution is -1.97. The molecule has 0 unspecified atom stereocenters. The molecule has 3 heteroatoms. The molecule has 0 aliphatic rings. The van der Waals surface area contributed by atoms with E-state index >= 15 is 0 Å². The van der Waals surface area contributed by atoms with Crippen LogP contribution in [-0.4, -0.2) is 15.8 Å². The van der Waals surface area contributed by atoms with Gasteiger partial charge >= 0.3 is 0 Å². The van der Waals surface area contributed by atoms with E-state index in [2.05, 4.69) is 23.8 Å². The molecule has 0 saturated heterocycles. The number of carbonyl (C=O) groups excluding carboxylic acids is 1. The fraction of sp³-hybridized carbons (Fsp3) is 0.429. The van der Waals surface area contributed by atoms with Gasteiger partial charge in [0.25, 0.3) is 0 Å². The third-order valence-corrected chi connectivity index (χ3v) is 2.85. The van der Waals surface area contributed by atoms with Crippen LogP contribution in [-0.2, 0) is 0 Å². The molecule has 0 saturated carbocycles. The van der Waals surface area contributed by atoms with Crippen molar-refractivity contribution >= 4 is 16.8 Å². The van der Waals surface area contributed by atoms with Gasteiger partial charge < -0.3 is 4.98 Å². The molecule has 0 spiro atoms. The van der Waals surface area contributed by atoms with Crippen LogP contribution in [0.3, 0.4) is 0 Å². The first-order chi connectivity index (χ1) is 8.11. The smallest absolute Gasteiger partial charge is 0.162 e. The van der Waals surface area contributed by atoms with Gasteiger partial charge in [-0.1, -0.05) is 20.8 Å². The highest BCUT2D eigenvalue weighted by Gasteiger charge is 2.09. The number of rotatable bonds is 4. The second-order valence-electron chi connectivity index (χ2n) is 4.68. The minimum Gasteiger partial charge on any atom is -0.342 e. The van der Waals surface area contributed by atoms with Gasteiger partial charge in [-0.05, 0) is 24.6 Å². The van der Waals surface area contributed by atoms with Crippen LogP contribution < -0.4 is 0 Å². The van der Waals surface area contributed by atoms with Crippen molar-refractivity contribution in [1.29, 1.82) is 0 Å². The number of H-pyrrole nitrogens is 1. The molecular formula is C14H18N2O. The molecule has 0 amide bonds. The van der Waals surface area contributed by atoms with Gasteiger partial charge in [-0.15, -0.1) is 0 Å². The number of ketones is 1. The van der Waals surface area contributed by atoms with Crippen LogP contribution in [0.15, 0.2) is 18.2 Å². The molecule has 0 aliphatic heterocycles. The maximum Gasteiger partial charge on any atom is 0.162 e. The molecule has 17 heavy (non-hydrogen) atoms. The van der Waals surface area contributed by atoms with Gasteiger partial charge in [0.15, 0.2) is 5.78 Å². The Morgan fingerprint density at radius 1 is 1.41 bits per heavy atom. The fourth-order valence-electron chi connectivity index (χ4n) is 1.85. The van der Waals surface area contributed by atoms with E-state index in [1.54, 1.807) is 0 Å². The number of benzene rings is 1. The summed E-state index contributed by atoms with van der Waals surface area (Å²) in [4.78, 5) is 19.6. The summed E-state index contributed by atoms with van der Waals surface area (Å²) in [5.41, 5.74) is 2.66. The van der Waals surface area contributed by atoms with Crippen LogP contribution in [0.2, 0.25) is 0 Å². The summed E-state index contributed by atoms with van der Waals surface area (Å²) in [5, 5.41) is 0. The highest BCUT2D eigenvalue weighted by atomic mass is 16.1. The zero-order valence-electron chi connectivity index (χ0n) is 10.6. The lowest BCUT2D eigenvalue weighted by Gasteiger charge is -1.98. The predicted octanol–water partition coefficient (Wildman–Crippen LogP) is 3.67. The normalized spacial score (nSPS) is 11.3. The third kappa shape index (κ3) is 2.38. The Labute approximate surface area is 101 Å². The van der Waals surface area contributed by atoms with Gasteiger partial charge in [0.05, 0.1) is 11.0 Å². The van der Waals surface area contributed by atoms with Gasteiger partial charge in [-0.3, -0.25) is 4.79 Å². The van der Waals surface area contributed by atoms with E-state index in [4.69, 9.17) is 0 Å². The van der Waals surface area contributed by atoms with E-state index in [0.717, 1.165) is 28.8 Å². The van der Waals surface area contributed by atoms with E-state index in [-0.39, 0.29) is 5.78 Å². The number of Topliss-reactive ketones (excluding diaryl/α,β-unsaturated/α-hetero) is 1. The lowest BCUT2D eigenvalue weighted by molar-refractivity contribution is 0.0982. The van der Waals surface area contributed by atoms with Crippen LogP contribution in [0.25, 0.3) is 11.0 Å². The zero-order chi connectivity index (χ0) is 12.4. The van der Waals surface area contributed by atoms with Crippen molar-refractivity contribution in [1.82, 2.24) is 9.97 Å². The number of carbonyl (C=O) groups is 1. The summed E-state index contributed by atoms with van der Waals surface area (Å²) < 4.78 is 0. The summed E-state index contributed by atoms with van der Waals surface area (Å²) in [7, 11) is 0.